The van der Waals surface area contributed by atoms with E-state index in [0.29, 0.717) is 6.61 Å². The topological polar surface area (TPSA) is 58.6 Å². The van der Waals surface area contributed by atoms with Gasteiger partial charge in [-0.3, -0.25) is 9.59 Å². The highest BCUT2D eigenvalue weighted by Gasteiger charge is 2.23. The predicted molar refractivity (Wildman–Crippen MR) is 84.6 cm³/mol. The Bertz CT molecular complexity index is 484. The number of benzene rings is 1. The standard InChI is InChI=1S/C17H24N2O3/c1-14(17(21)19-11-6-3-7-12-19)18-16(20)10-13-22-15-8-4-2-5-9-15/h2,4-5,8-9,14H,3,6-7,10-13H2,1H3,(H,18,20)/t14-/m0/s1. The summed E-state index contributed by atoms with van der Waals surface area (Å²) >= 11 is 0. The zero-order valence-corrected chi connectivity index (χ0v) is 13.1. The fourth-order valence-electron chi connectivity index (χ4n) is 2.54. The van der Waals surface area contributed by atoms with Crippen LogP contribution in [0.1, 0.15) is 32.6 Å². The average molecular weight is 304 g/mol. The molecule has 0 aromatic heterocycles. The third-order valence-electron chi connectivity index (χ3n) is 3.76. The second-order valence-electron chi connectivity index (χ2n) is 5.59. The van der Waals surface area contributed by atoms with Gasteiger partial charge in [0.1, 0.15) is 11.8 Å². The van der Waals surface area contributed by atoms with E-state index in [4.69, 9.17) is 4.74 Å². The van der Waals surface area contributed by atoms with Crippen LogP contribution in [0.2, 0.25) is 0 Å². The van der Waals surface area contributed by atoms with Crippen molar-refractivity contribution in [3.8, 4) is 5.75 Å². The molecule has 1 heterocycles. The number of amides is 2. The smallest absolute Gasteiger partial charge is 0.244 e. The Labute approximate surface area is 131 Å². The van der Waals surface area contributed by atoms with Gasteiger partial charge in [0.2, 0.25) is 11.8 Å². The lowest BCUT2D eigenvalue weighted by atomic mass is 10.1. The fraction of sp³-hybridized carbons (Fsp3) is 0.529. The summed E-state index contributed by atoms with van der Waals surface area (Å²) in [6.45, 7) is 3.65. The first-order chi connectivity index (χ1) is 10.7. The minimum atomic E-state index is -0.470. The Morgan fingerprint density at radius 3 is 2.55 bits per heavy atom. The molecule has 0 unspecified atom stereocenters. The number of nitrogens with zero attached hydrogens (tertiary/aromatic N) is 1. The molecular weight excluding hydrogens is 280 g/mol. The summed E-state index contributed by atoms with van der Waals surface area (Å²) in [6, 6.07) is 8.90. The van der Waals surface area contributed by atoms with Gasteiger partial charge in [-0.25, -0.2) is 0 Å². The van der Waals surface area contributed by atoms with Gasteiger partial charge in [0, 0.05) is 13.1 Å². The molecule has 1 aliphatic rings. The van der Waals surface area contributed by atoms with Crippen LogP contribution in [0.15, 0.2) is 30.3 Å². The molecule has 2 rings (SSSR count). The molecule has 1 atom stereocenters. The van der Waals surface area contributed by atoms with Crippen molar-refractivity contribution in [3.63, 3.8) is 0 Å². The third kappa shape index (κ3) is 5.06. The van der Waals surface area contributed by atoms with Crippen LogP contribution in [0.5, 0.6) is 5.75 Å². The molecule has 0 radical (unpaired) electrons. The van der Waals surface area contributed by atoms with Crippen molar-refractivity contribution in [2.24, 2.45) is 0 Å². The maximum atomic E-state index is 12.2. The van der Waals surface area contributed by atoms with Crippen molar-refractivity contribution in [3.05, 3.63) is 30.3 Å². The Morgan fingerprint density at radius 1 is 1.18 bits per heavy atom. The van der Waals surface area contributed by atoms with E-state index in [1.54, 1.807) is 6.92 Å². The maximum absolute atomic E-state index is 12.2. The molecule has 1 aromatic carbocycles. The first kappa shape index (κ1) is 16.3. The second kappa shape index (κ2) is 8.41. The highest BCUT2D eigenvalue weighted by molar-refractivity contribution is 5.87. The first-order valence-corrected chi connectivity index (χ1v) is 7.93. The van der Waals surface area contributed by atoms with Crippen LogP contribution < -0.4 is 10.1 Å². The summed E-state index contributed by atoms with van der Waals surface area (Å²) in [7, 11) is 0. The van der Waals surface area contributed by atoms with Gasteiger partial charge >= 0.3 is 0 Å². The summed E-state index contributed by atoms with van der Waals surface area (Å²) in [5.74, 6) is 0.596. The van der Waals surface area contributed by atoms with E-state index in [1.807, 2.05) is 35.2 Å². The normalized spacial score (nSPS) is 16.0. The Hall–Kier alpha value is -2.04. The summed E-state index contributed by atoms with van der Waals surface area (Å²) in [4.78, 5) is 25.9. The zero-order chi connectivity index (χ0) is 15.8. The molecule has 5 heteroatoms. The maximum Gasteiger partial charge on any atom is 0.244 e. The molecule has 0 aliphatic carbocycles. The Kier molecular flexibility index (Phi) is 6.25. The van der Waals surface area contributed by atoms with Crippen LogP contribution in [-0.2, 0) is 9.59 Å². The van der Waals surface area contributed by atoms with E-state index in [1.165, 1.54) is 6.42 Å². The number of ether oxygens (including phenoxy) is 1. The van der Waals surface area contributed by atoms with Gasteiger partial charge in [0.25, 0.3) is 0 Å². The zero-order valence-electron chi connectivity index (χ0n) is 13.1. The number of carbonyl (C=O) groups excluding carboxylic acids is 2. The minimum absolute atomic E-state index is 0.0111. The van der Waals surface area contributed by atoms with E-state index in [0.717, 1.165) is 31.7 Å². The summed E-state index contributed by atoms with van der Waals surface area (Å²) < 4.78 is 5.48. The predicted octanol–water partition coefficient (Wildman–Crippen LogP) is 1.97. The molecule has 0 bridgehead atoms. The molecule has 1 aliphatic heterocycles. The highest BCUT2D eigenvalue weighted by atomic mass is 16.5. The average Bonchev–Trinajstić information content (AvgIpc) is 2.56. The van der Waals surface area contributed by atoms with E-state index in [2.05, 4.69) is 5.32 Å². The van der Waals surface area contributed by atoms with Crippen LogP contribution in [0, 0.1) is 0 Å². The molecule has 1 fully saturated rings. The van der Waals surface area contributed by atoms with Crippen molar-refractivity contribution in [2.45, 2.75) is 38.6 Å². The number of para-hydroxylation sites is 1. The van der Waals surface area contributed by atoms with Crippen LogP contribution >= 0.6 is 0 Å². The largest absolute Gasteiger partial charge is 0.493 e. The molecule has 2 amide bonds. The molecule has 5 nitrogen and oxygen atoms in total. The van der Waals surface area contributed by atoms with Gasteiger partial charge in [-0.15, -0.1) is 0 Å². The molecule has 1 aromatic rings. The highest BCUT2D eigenvalue weighted by Crippen LogP contribution is 2.10. The molecule has 0 saturated carbocycles. The van der Waals surface area contributed by atoms with E-state index < -0.39 is 6.04 Å². The molecule has 22 heavy (non-hydrogen) atoms. The summed E-state index contributed by atoms with van der Waals surface area (Å²) in [5, 5.41) is 2.75. The molecule has 1 saturated heterocycles. The van der Waals surface area contributed by atoms with Crippen molar-refractivity contribution < 1.29 is 14.3 Å². The summed E-state index contributed by atoms with van der Waals surface area (Å²) in [6.07, 6.45) is 3.53. The number of piperidine rings is 1. The fourth-order valence-corrected chi connectivity index (χ4v) is 2.54. The molecule has 0 spiro atoms. The molecule has 120 valence electrons. The van der Waals surface area contributed by atoms with Gasteiger partial charge in [-0.05, 0) is 38.3 Å². The van der Waals surface area contributed by atoms with Gasteiger partial charge in [-0.1, -0.05) is 18.2 Å². The van der Waals surface area contributed by atoms with Crippen molar-refractivity contribution in [1.82, 2.24) is 10.2 Å². The monoisotopic (exact) mass is 304 g/mol. The lowest BCUT2D eigenvalue weighted by molar-refractivity contribution is -0.136. The Balaban J connectivity index is 1.68. The van der Waals surface area contributed by atoms with Crippen LogP contribution in [0.25, 0.3) is 0 Å². The van der Waals surface area contributed by atoms with Crippen molar-refractivity contribution in [1.29, 1.82) is 0 Å². The number of hydrogen-bond donors (Lipinski definition) is 1. The van der Waals surface area contributed by atoms with Crippen molar-refractivity contribution >= 4 is 11.8 Å². The van der Waals surface area contributed by atoms with Gasteiger partial charge in [-0.2, -0.15) is 0 Å². The number of hydrogen-bond acceptors (Lipinski definition) is 3. The molecular formula is C17H24N2O3. The number of nitrogens with one attached hydrogen (secondary N) is 1. The van der Waals surface area contributed by atoms with Crippen LogP contribution in [-0.4, -0.2) is 42.5 Å². The van der Waals surface area contributed by atoms with Gasteiger partial charge < -0.3 is 15.0 Å². The Morgan fingerprint density at radius 2 is 1.86 bits per heavy atom. The van der Waals surface area contributed by atoms with Gasteiger partial charge in [0.15, 0.2) is 0 Å². The van der Waals surface area contributed by atoms with E-state index in [9.17, 15) is 9.59 Å². The second-order valence-corrected chi connectivity index (χ2v) is 5.59. The quantitative estimate of drug-likeness (QED) is 0.874. The van der Waals surface area contributed by atoms with E-state index in [-0.39, 0.29) is 18.2 Å². The lowest BCUT2D eigenvalue weighted by Crippen LogP contribution is -2.48. The SMILES string of the molecule is C[C@H](NC(=O)CCOc1ccccc1)C(=O)N1CCCCC1. The van der Waals surface area contributed by atoms with Crippen LogP contribution in [0.3, 0.4) is 0 Å². The third-order valence-corrected chi connectivity index (χ3v) is 3.76. The minimum Gasteiger partial charge on any atom is -0.493 e. The lowest BCUT2D eigenvalue weighted by Gasteiger charge is -2.29. The van der Waals surface area contributed by atoms with Crippen molar-refractivity contribution in [2.75, 3.05) is 19.7 Å². The summed E-state index contributed by atoms with van der Waals surface area (Å²) in [5.41, 5.74) is 0. The number of likely N-dealkylation sites (tertiary alicyclic amines) is 1. The van der Waals surface area contributed by atoms with Crippen LogP contribution in [0.4, 0.5) is 0 Å². The van der Waals surface area contributed by atoms with E-state index >= 15 is 0 Å². The number of carbonyl (C=O) groups is 2. The van der Waals surface area contributed by atoms with Gasteiger partial charge in [0.05, 0.1) is 13.0 Å². The first-order valence-electron chi connectivity index (χ1n) is 7.93. The number of rotatable bonds is 6. The molecule has 1 N–H and O–H groups in total.